The minimum atomic E-state index is -0.134. The highest BCUT2D eigenvalue weighted by Gasteiger charge is 2.16. The molecule has 4 nitrogen and oxygen atoms in total. The molecule has 0 unspecified atom stereocenters. The van der Waals surface area contributed by atoms with Crippen LogP contribution in [0.4, 0.5) is 5.69 Å². The Kier molecular flexibility index (Phi) is 5.37. The zero-order valence-electron chi connectivity index (χ0n) is 13.2. The molecule has 2 rings (SSSR count). The molecule has 21 heavy (non-hydrogen) atoms. The second-order valence-electron chi connectivity index (χ2n) is 5.91. The van der Waals surface area contributed by atoms with Gasteiger partial charge in [-0.1, -0.05) is 13.3 Å². The quantitative estimate of drug-likeness (QED) is 0.862. The largest absolute Gasteiger partial charge is 0.378 e. The van der Waals surface area contributed by atoms with E-state index in [9.17, 15) is 4.79 Å². The smallest absolute Gasteiger partial charge is 0.271 e. The van der Waals surface area contributed by atoms with E-state index in [1.54, 1.807) is 0 Å². The summed E-state index contributed by atoms with van der Waals surface area (Å²) in [4.78, 5) is 14.1. The van der Waals surface area contributed by atoms with Crippen LogP contribution < -0.4 is 10.3 Å². The summed E-state index contributed by atoms with van der Waals surface area (Å²) in [5.74, 6) is 0.698. The van der Waals surface area contributed by atoms with Gasteiger partial charge < -0.3 is 4.90 Å². The normalized spacial score (nSPS) is 18.2. The highest BCUT2D eigenvalue weighted by molar-refractivity contribution is 5.95. The predicted molar refractivity (Wildman–Crippen MR) is 87.9 cm³/mol. The van der Waals surface area contributed by atoms with Gasteiger partial charge in [-0.15, -0.1) is 0 Å². The average molecular weight is 287 g/mol. The van der Waals surface area contributed by atoms with Gasteiger partial charge in [0.1, 0.15) is 0 Å². The molecule has 1 fully saturated rings. The second-order valence-corrected chi connectivity index (χ2v) is 5.91. The van der Waals surface area contributed by atoms with E-state index < -0.39 is 0 Å². The molecule has 0 aliphatic heterocycles. The molecule has 1 aliphatic rings. The van der Waals surface area contributed by atoms with Crippen LogP contribution in [0.15, 0.2) is 29.4 Å². The monoisotopic (exact) mass is 287 g/mol. The molecule has 1 aromatic carbocycles. The molecule has 1 aliphatic carbocycles. The van der Waals surface area contributed by atoms with Crippen LogP contribution in [-0.2, 0) is 0 Å². The summed E-state index contributed by atoms with van der Waals surface area (Å²) in [5, 5.41) is 4.29. The van der Waals surface area contributed by atoms with Crippen molar-refractivity contribution in [1.82, 2.24) is 5.43 Å². The van der Waals surface area contributed by atoms with Gasteiger partial charge in [0.2, 0.25) is 0 Å². The van der Waals surface area contributed by atoms with Crippen molar-refractivity contribution >= 4 is 17.3 Å². The molecule has 1 amide bonds. The van der Waals surface area contributed by atoms with E-state index in [-0.39, 0.29) is 5.91 Å². The Morgan fingerprint density at radius 1 is 1.24 bits per heavy atom. The van der Waals surface area contributed by atoms with Crippen LogP contribution in [0.2, 0.25) is 0 Å². The average Bonchev–Trinajstić information content (AvgIpc) is 2.53. The molecule has 1 aromatic rings. The molecule has 0 radical (unpaired) electrons. The van der Waals surface area contributed by atoms with Gasteiger partial charge in [-0.2, -0.15) is 5.10 Å². The summed E-state index contributed by atoms with van der Waals surface area (Å²) >= 11 is 0. The first kappa shape index (κ1) is 15.5. The van der Waals surface area contributed by atoms with Crippen molar-refractivity contribution in [1.29, 1.82) is 0 Å². The Bertz CT molecular complexity index is 495. The van der Waals surface area contributed by atoms with Crippen molar-refractivity contribution in [2.24, 2.45) is 11.0 Å². The highest BCUT2D eigenvalue weighted by atomic mass is 16.2. The summed E-state index contributed by atoms with van der Waals surface area (Å²) in [5.41, 5.74) is 5.53. The van der Waals surface area contributed by atoms with E-state index in [2.05, 4.69) is 17.5 Å². The van der Waals surface area contributed by atoms with Crippen LogP contribution in [0, 0.1) is 5.92 Å². The first-order valence-corrected chi connectivity index (χ1v) is 7.73. The van der Waals surface area contributed by atoms with Gasteiger partial charge in [0.25, 0.3) is 5.91 Å². The first-order chi connectivity index (χ1) is 10.1. The van der Waals surface area contributed by atoms with E-state index in [1.165, 1.54) is 19.3 Å². The van der Waals surface area contributed by atoms with Crippen LogP contribution in [0.5, 0.6) is 0 Å². The number of hydrazone groups is 1. The summed E-state index contributed by atoms with van der Waals surface area (Å²) in [6.07, 6.45) is 5.67. The summed E-state index contributed by atoms with van der Waals surface area (Å²) in [7, 11) is 3.96. The lowest BCUT2D eigenvalue weighted by atomic mass is 9.86. The molecule has 0 spiro atoms. The molecular formula is C17H25N3O. The lowest BCUT2D eigenvalue weighted by Crippen LogP contribution is -2.22. The standard InChI is InChI=1S/C17H25N3O/c1-4-13-5-9-15(10-6-13)18-19-17(21)14-7-11-16(12-8-14)20(2)3/h7-8,11-13H,4-6,9-10H2,1-3H3,(H,19,21). The lowest BCUT2D eigenvalue weighted by Gasteiger charge is -2.21. The van der Waals surface area contributed by atoms with Crippen LogP contribution in [0.25, 0.3) is 0 Å². The Labute approximate surface area is 127 Å². The molecule has 1 saturated carbocycles. The van der Waals surface area contributed by atoms with E-state index in [0.717, 1.165) is 30.2 Å². The zero-order valence-corrected chi connectivity index (χ0v) is 13.2. The minimum Gasteiger partial charge on any atom is -0.378 e. The summed E-state index contributed by atoms with van der Waals surface area (Å²) in [6, 6.07) is 7.54. The maximum Gasteiger partial charge on any atom is 0.271 e. The maximum absolute atomic E-state index is 12.1. The van der Waals surface area contributed by atoms with Crippen LogP contribution in [0.3, 0.4) is 0 Å². The van der Waals surface area contributed by atoms with E-state index in [0.29, 0.717) is 5.56 Å². The zero-order chi connectivity index (χ0) is 15.2. The number of rotatable bonds is 4. The van der Waals surface area contributed by atoms with Crippen LogP contribution in [0.1, 0.15) is 49.4 Å². The SMILES string of the molecule is CCC1CCC(=NNC(=O)c2ccc(N(C)C)cc2)CC1. The number of hydrogen-bond donors (Lipinski definition) is 1. The van der Waals surface area contributed by atoms with E-state index >= 15 is 0 Å². The van der Waals surface area contributed by atoms with Crippen molar-refractivity contribution < 1.29 is 4.79 Å². The number of hydrogen-bond acceptors (Lipinski definition) is 3. The van der Waals surface area contributed by atoms with Gasteiger partial charge in [-0.3, -0.25) is 4.79 Å². The van der Waals surface area contributed by atoms with Crippen LogP contribution in [-0.4, -0.2) is 25.7 Å². The van der Waals surface area contributed by atoms with Crippen LogP contribution >= 0.6 is 0 Å². The van der Waals surface area contributed by atoms with E-state index in [1.807, 2.05) is 43.3 Å². The lowest BCUT2D eigenvalue weighted by molar-refractivity contribution is 0.0954. The Balaban J connectivity index is 1.90. The highest BCUT2D eigenvalue weighted by Crippen LogP contribution is 2.24. The second kappa shape index (κ2) is 7.25. The van der Waals surface area contributed by atoms with Gasteiger partial charge >= 0.3 is 0 Å². The fourth-order valence-corrected chi connectivity index (χ4v) is 2.64. The number of carbonyl (C=O) groups is 1. The minimum absolute atomic E-state index is 0.134. The summed E-state index contributed by atoms with van der Waals surface area (Å²) < 4.78 is 0. The number of nitrogens with one attached hydrogen (secondary N) is 1. The van der Waals surface area contributed by atoms with Gasteiger partial charge in [-0.25, -0.2) is 5.43 Å². The third-order valence-electron chi connectivity index (χ3n) is 4.22. The molecular weight excluding hydrogens is 262 g/mol. The Hall–Kier alpha value is -1.84. The molecule has 0 heterocycles. The fraction of sp³-hybridized carbons (Fsp3) is 0.529. The third-order valence-corrected chi connectivity index (χ3v) is 4.22. The molecule has 0 atom stereocenters. The maximum atomic E-state index is 12.1. The summed E-state index contributed by atoms with van der Waals surface area (Å²) in [6.45, 7) is 2.24. The topological polar surface area (TPSA) is 44.7 Å². The number of benzene rings is 1. The number of amides is 1. The fourth-order valence-electron chi connectivity index (χ4n) is 2.64. The number of anilines is 1. The van der Waals surface area contributed by atoms with Gasteiger partial charge in [0.15, 0.2) is 0 Å². The van der Waals surface area contributed by atoms with Gasteiger partial charge in [-0.05, 0) is 55.9 Å². The Morgan fingerprint density at radius 3 is 2.38 bits per heavy atom. The molecule has 0 aromatic heterocycles. The van der Waals surface area contributed by atoms with Crippen molar-refractivity contribution in [2.45, 2.75) is 39.0 Å². The first-order valence-electron chi connectivity index (χ1n) is 7.73. The van der Waals surface area contributed by atoms with Gasteiger partial charge in [0.05, 0.1) is 0 Å². The predicted octanol–water partition coefficient (Wildman–Crippen LogP) is 3.44. The van der Waals surface area contributed by atoms with E-state index in [4.69, 9.17) is 0 Å². The van der Waals surface area contributed by atoms with Crippen molar-refractivity contribution in [3.63, 3.8) is 0 Å². The van der Waals surface area contributed by atoms with Crippen molar-refractivity contribution in [3.8, 4) is 0 Å². The molecule has 4 heteroatoms. The van der Waals surface area contributed by atoms with Crippen molar-refractivity contribution in [2.75, 3.05) is 19.0 Å². The third kappa shape index (κ3) is 4.31. The number of nitrogens with zero attached hydrogens (tertiary/aromatic N) is 2. The van der Waals surface area contributed by atoms with Gasteiger partial charge in [0, 0.05) is 31.1 Å². The number of carbonyl (C=O) groups excluding carboxylic acids is 1. The molecule has 1 N–H and O–H groups in total. The Morgan fingerprint density at radius 2 is 1.86 bits per heavy atom. The molecule has 114 valence electrons. The molecule has 0 bridgehead atoms. The molecule has 0 saturated heterocycles. The van der Waals surface area contributed by atoms with Crippen molar-refractivity contribution in [3.05, 3.63) is 29.8 Å².